The Kier molecular flexibility index (Phi) is 5.41. The van der Waals surface area contributed by atoms with Gasteiger partial charge < -0.3 is 10.1 Å². The molecule has 0 bridgehead atoms. The van der Waals surface area contributed by atoms with Crippen LogP contribution in [0.2, 0.25) is 0 Å². The van der Waals surface area contributed by atoms with Gasteiger partial charge in [-0.3, -0.25) is 9.69 Å². The van der Waals surface area contributed by atoms with Crippen LogP contribution in [0, 0.1) is 0 Å². The van der Waals surface area contributed by atoms with Crippen molar-refractivity contribution in [2.75, 3.05) is 25.0 Å². The largest absolute Gasteiger partial charge is 0.492 e. The molecule has 20 heavy (non-hydrogen) atoms. The Labute approximate surface area is 121 Å². The number of likely N-dealkylation sites (tertiary alicyclic amines) is 1. The molecule has 1 amide bonds. The Bertz CT molecular complexity index is 448. The Morgan fingerprint density at radius 2 is 2.20 bits per heavy atom. The number of hydrogen-bond donors (Lipinski definition) is 1. The summed E-state index contributed by atoms with van der Waals surface area (Å²) in [5.74, 6) is 0.765. The minimum Gasteiger partial charge on any atom is -0.492 e. The van der Waals surface area contributed by atoms with E-state index in [1.165, 1.54) is 19.3 Å². The third-order valence-electron chi connectivity index (χ3n) is 3.75. The van der Waals surface area contributed by atoms with E-state index in [1.54, 1.807) is 0 Å². The van der Waals surface area contributed by atoms with Crippen LogP contribution < -0.4 is 10.1 Å². The molecular weight excluding hydrogens is 252 g/mol. The lowest BCUT2D eigenvalue weighted by Crippen LogP contribution is -2.42. The smallest absolute Gasteiger partial charge is 0.238 e. The zero-order valence-corrected chi connectivity index (χ0v) is 12.4. The van der Waals surface area contributed by atoms with Gasteiger partial charge in [0, 0.05) is 6.04 Å². The van der Waals surface area contributed by atoms with Crippen molar-refractivity contribution in [3.8, 4) is 5.75 Å². The Hall–Kier alpha value is -1.55. The van der Waals surface area contributed by atoms with E-state index in [0.717, 1.165) is 18.0 Å². The first kappa shape index (κ1) is 14.9. The van der Waals surface area contributed by atoms with Crippen LogP contribution in [-0.4, -0.2) is 36.5 Å². The molecule has 1 aliphatic heterocycles. The first-order valence-electron chi connectivity index (χ1n) is 7.46. The fourth-order valence-corrected chi connectivity index (χ4v) is 2.62. The van der Waals surface area contributed by atoms with Gasteiger partial charge in [-0.2, -0.15) is 0 Å². The summed E-state index contributed by atoms with van der Waals surface area (Å²) in [6.07, 6.45) is 3.64. The number of amides is 1. The second kappa shape index (κ2) is 7.29. The van der Waals surface area contributed by atoms with E-state index in [-0.39, 0.29) is 5.91 Å². The van der Waals surface area contributed by atoms with E-state index in [1.807, 2.05) is 31.2 Å². The van der Waals surface area contributed by atoms with E-state index in [2.05, 4.69) is 17.1 Å². The minimum absolute atomic E-state index is 0.0332. The maximum atomic E-state index is 12.2. The lowest BCUT2D eigenvalue weighted by molar-refractivity contribution is -0.118. The third-order valence-corrected chi connectivity index (χ3v) is 3.75. The van der Waals surface area contributed by atoms with Crippen molar-refractivity contribution in [2.45, 2.75) is 39.2 Å². The van der Waals surface area contributed by atoms with Crippen LogP contribution in [0.3, 0.4) is 0 Å². The predicted octanol–water partition coefficient (Wildman–Crippen LogP) is 2.90. The number of ether oxygens (including phenoxy) is 1. The van der Waals surface area contributed by atoms with Gasteiger partial charge in [-0.1, -0.05) is 18.6 Å². The number of carbonyl (C=O) groups excluding carboxylic acids is 1. The van der Waals surface area contributed by atoms with E-state index in [4.69, 9.17) is 4.74 Å². The number of piperidine rings is 1. The van der Waals surface area contributed by atoms with Crippen LogP contribution in [0.4, 0.5) is 5.69 Å². The van der Waals surface area contributed by atoms with Crippen LogP contribution in [0.25, 0.3) is 0 Å². The van der Waals surface area contributed by atoms with E-state index in [9.17, 15) is 4.79 Å². The van der Waals surface area contributed by atoms with Gasteiger partial charge >= 0.3 is 0 Å². The van der Waals surface area contributed by atoms with Crippen molar-refractivity contribution < 1.29 is 9.53 Å². The molecule has 1 aliphatic rings. The topological polar surface area (TPSA) is 41.6 Å². The fraction of sp³-hybridized carbons (Fsp3) is 0.562. The van der Waals surface area contributed by atoms with Crippen molar-refractivity contribution >= 4 is 11.6 Å². The molecule has 1 N–H and O–H groups in total. The summed E-state index contributed by atoms with van der Waals surface area (Å²) < 4.78 is 5.52. The summed E-state index contributed by atoms with van der Waals surface area (Å²) in [5.41, 5.74) is 0.754. The lowest BCUT2D eigenvalue weighted by Gasteiger charge is -2.32. The second-order valence-corrected chi connectivity index (χ2v) is 5.29. The molecule has 2 rings (SSSR count). The van der Waals surface area contributed by atoms with Crippen LogP contribution >= 0.6 is 0 Å². The van der Waals surface area contributed by atoms with Gasteiger partial charge in [0.25, 0.3) is 0 Å². The highest BCUT2D eigenvalue weighted by molar-refractivity contribution is 5.93. The maximum Gasteiger partial charge on any atom is 0.238 e. The van der Waals surface area contributed by atoms with Gasteiger partial charge in [-0.05, 0) is 45.4 Å². The summed E-state index contributed by atoms with van der Waals surface area (Å²) >= 11 is 0. The average Bonchev–Trinajstić information content (AvgIpc) is 2.44. The SMILES string of the molecule is CCOc1ccccc1NC(=O)CN1CCCC[C@@H]1C. The first-order chi connectivity index (χ1) is 9.70. The molecular formula is C16H24N2O2. The van der Waals surface area contributed by atoms with E-state index in [0.29, 0.717) is 19.2 Å². The third kappa shape index (κ3) is 3.97. The molecule has 0 unspecified atom stereocenters. The molecule has 0 aromatic heterocycles. The van der Waals surface area contributed by atoms with Crippen molar-refractivity contribution in [1.82, 2.24) is 4.90 Å². The highest BCUT2D eigenvalue weighted by Gasteiger charge is 2.20. The molecule has 0 spiro atoms. The van der Waals surface area contributed by atoms with Gasteiger partial charge in [0.1, 0.15) is 5.75 Å². The summed E-state index contributed by atoms with van der Waals surface area (Å²) in [4.78, 5) is 14.4. The van der Waals surface area contributed by atoms with Crippen molar-refractivity contribution in [2.24, 2.45) is 0 Å². The number of nitrogens with one attached hydrogen (secondary N) is 1. The second-order valence-electron chi connectivity index (χ2n) is 5.29. The van der Waals surface area contributed by atoms with Gasteiger partial charge in [0.2, 0.25) is 5.91 Å². The highest BCUT2D eigenvalue weighted by atomic mass is 16.5. The number of hydrogen-bond acceptors (Lipinski definition) is 3. The number of carbonyl (C=O) groups is 1. The van der Waals surface area contributed by atoms with Crippen LogP contribution in [0.15, 0.2) is 24.3 Å². The van der Waals surface area contributed by atoms with E-state index < -0.39 is 0 Å². The van der Waals surface area contributed by atoms with Crippen molar-refractivity contribution in [1.29, 1.82) is 0 Å². The number of para-hydroxylation sites is 2. The first-order valence-corrected chi connectivity index (χ1v) is 7.46. The van der Waals surface area contributed by atoms with E-state index >= 15 is 0 Å². The zero-order valence-electron chi connectivity index (χ0n) is 12.4. The highest BCUT2D eigenvalue weighted by Crippen LogP contribution is 2.24. The van der Waals surface area contributed by atoms with Gasteiger partial charge in [-0.15, -0.1) is 0 Å². The molecule has 110 valence electrons. The Morgan fingerprint density at radius 3 is 2.95 bits per heavy atom. The quantitative estimate of drug-likeness (QED) is 0.899. The summed E-state index contributed by atoms with van der Waals surface area (Å²) in [5, 5.41) is 2.96. The number of anilines is 1. The average molecular weight is 276 g/mol. The summed E-state index contributed by atoms with van der Waals surface area (Å²) in [6.45, 7) is 6.20. The normalized spacial score (nSPS) is 19.6. The molecule has 1 aromatic rings. The van der Waals surface area contributed by atoms with Crippen LogP contribution in [-0.2, 0) is 4.79 Å². The molecule has 4 nitrogen and oxygen atoms in total. The number of rotatable bonds is 5. The Balaban J connectivity index is 1.94. The molecule has 1 atom stereocenters. The van der Waals surface area contributed by atoms with Gasteiger partial charge in [0.05, 0.1) is 18.8 Å². The van der Waals surface area contributed by atoms with Crippen molar-refractivity contribution in [3.05, 3.63) is 24.3 Å². The molecule has 0 saturated carbocycles. The molecule has 4 heteroatoms. The van der Waals surface area contributed by atoms with Gasteiger partial charge in [-0.25, -0.2) is 0 Å². The zero-order chi connectivity index (χ0) is 14.4. The van der Waals surface area contributed by atoms with Crippen molar-refractivity contribution in [3.63, 3.8) is 0 Å². The van der Waals surface area contributed by atoms with Crippen LogP contribution in [0.5, 0.6) is 5.75 Å². The number of benzene rings is 1. The Morgan fingerprint density at radius 1 is 1.40 bits per heavy atom. The van der Waals surface area contributed by atoms with Crippen LogP contribution in [0.1, 0.15) is 33.1 Å². The number of nitrogens with zero attached hydrogens (tertiary/aromatic N) is 1. The van der Waals surface area contributed by atoms with Gasteiger partial charge in [0.15, 0.2) is 0 Å². The molecule has 1 fully saturated rings. The minimum atomic E-state index is 0.0332. The maximum absolute atomic E-state index is 12.2. The summed E-state index contributed by atoms with van der Waals surface area (Å²) in [7, 11) is 0. The molecule has 0 aliphatic carbocycles. The predicted molar refractivity (Wildman–Crippen MR) is 81.1 cm³/mol. The molecule has 1 aromatic carbocycles. The standard InChI is InChI=1S/C16H24N2O2/c1-3-20-15-10-5-4-9-14(15)17-16(19)12-18-11-7-6-8-13(18)2/h4-5,9-10,13H,3,6-8,11-12H2,1-2H3,(H,17,19)/t13-/m0/s1. The molecule has 1 heterocycles. The summed E-state index contributed by atoms with van der Waals surface area (Å²) in [6, 6.07) is 8.07. The monoisotopic (exact) mass is 276 g/mol. The molecule has 1 saturated heterocycles. The lowest BCUT2D eigenvalue weighted by atomic mass is 10.0. The molecule has 0 radical (unpaired) electrons. The fourth-order valence-electron chi connectivity index (χ4n) is 2.62.